The smallest absolute Gasteiger partial charge is 0.260 e. The quantitative estimate of drug-likeness (QED) is 0.689. The number of methoxy groups -OCH3 is 1. The molecule has 0 aromatic heterocycles. The van der Waals surface area contributed by atoms with Crippen LogP contribution < -0.4 is 15.6 Å². The molecule has 16 heavy (non-hydrogen) atoms. The van der Waals surface area contributed by atoms with Gasteiger partial charge in [0.05, 0.1) is 13.7 Å². The molecule has 5 heteroatoms. The Bertz CT molecular complexity index is 325. The molecule has 0 aliphatic carbocycles. The van der Waals surface area contributed by atoms with Crippen LogP contribution in [0.4, 0.5) is 0 Å². The fraction of sp³-hybridized carbons (Fsp3) is 0.364. The van der Waals surface area contributed by atoms with Crippen LogP contribution in [0.15, 0.2) is 24.3 Å². The standard InChI is InChI=1S/C11H16N2O3/c1-12-13-11(14)8-16-7-9-3-5-10(15-2)6-4-9/h3-6,12H,7-8H2,1-2H3,(H,13,14). The molecule has 0 atom stereocenters. The van der Waals surface area contributed by atoms with Crippen molar-refractivity contribution in [1.29, 1.82) is 0 Å². The third-order valence-electron chi connectivity index (χ3n) is 1.93. The van der Waals surface area contributed by atoms with Crippen molar-refractivity contribution in [2.24, 2.45) is 0 Å². The predicted molar refractivity (Wildman–Crippen MR) is 59.9 cm³/mol. The minimum Gasteiger partial charge on any atom is -0.497 e. The summed E-state index contributed by atoms with van der Waals surface area (Å²) in [4.78, 5) is 11.0. The first-order chi connectivity index (χ1) is 7.76. The molecule has 5 nitrogen and oxygen atoms in total. The van der Waals surface area contributed by atoms with Gasteiger partial charge < -0.3 is 9.47 Å². The molecule has 1 aromatic carbocycles. The predicted octanol–water partition coefficient (Wildman–Crippen LogP) is 0.462. The number of nitrogens with one attached hydrogen (secondary N) is 2. The van der Waals surface area contributed by atoms with Crippen LogP contribution in [0.25, 0.3) is 0 Å². The second-order valence-electron chi connectivity index (χ2n) is 3.14. The average molecular weight is 224 g/mol. The lowest BCUT2D eigenvalue weighted by Crippen LogP contribution is -2.36. The molecule has 0 radical (unpaired) electrons. The highest BCUT2D eigenvalue weighted by molar-refractivity contribution is 5.76. The largest absolute Gasteiger partial charge is 0.497 e. The first-order valence-electron chi connectivity index (χ1n) is 4.92. The monoisotopic (exact) mass is 224 g/mol. The molecule has 88 valence electrons. The van der Waals surface area contributed by atoms with Crippen LogP contribution in [0, 0.1) is 0 Å². The van der Waals surface area contributed by atoms with Crippen molar-refractivity contribution in [1.82, 2.24) is 10.9 Å². The third-order valence-corrected chi connectivity index (χ3v) is 1.93. The molecule has 0 heterocycles. The molecule has 1 rings (SSSR count). The van der Waals surface area contributed by atoms with Crippen LogP contribution in [0.5, 0.6) is 5.75 Å². The van der Waals surface area contributed by atoms with Gasteiger partial charge in [-0.15, -0.1) is 0 Å². The lowest BCUT2D eigenvalue weighted by atomic mass is 10.2. The van der Waals surface area contributed by atoms with Crippen LogP contribution >= 0.6 is 0 Å². The summed E-state index contributed by atoms with van der Waals surface area (Å²) in [5.74, 6) is 0.604. The van der Waals surface area contributed by atoms with Gasteiger partial charge in [-0.3, -0.25) is 10.2 Å². The second-order valence-corrected chi connectivity index (χ2v) is 3.14. The summed E-state index contributed by atoms with van der Waals surface area (Å²) in [6.45, 7) is 0.438. The molecule has 0 saturated heterocycles. The van der Waals surface area contributed by atoms with Crippen LogP contribution in [-0.4, -0.2) is 26.7 Å². The van der Waals surface area contributed by atoms with E-state index in [4.69, 9.17) is 9.47 Å². The Kier molecular flexibility index (Phi) is 5.31. The van der Waals surface area contributed by atoms with Crippen molar-refractivity contribution >= 4 is 5.91 Å². The van der Waals surface area contributed by atoms with E-state index in [0.29, 0.717) is 6.61 Å². The van der Waals surface area contributed by atoms with Gasteiger partial charge in [-0.05, 0) is 17.7 Å². The molecular weight excluding hydrogens is 208 g/mol. The maximum atomic E-state index is 11.0. The second kappa shape index (κ2) is 6.81. The number of hydrogen-bond acceptors (Lipinski definition) is 4. The minimum absolute atomic E-state index is 0.0346. The third kappa shape index (κ3) is 4.29. The van der Waals surface area contributed by atoms with Gasteiger partial charge in [0.25, 0.3) is 5.91 Å². The number of rotatable bonds is 6. The van der Waals surface area contributed by atoms with E-state index in [0.717, 1.165) is 11.3 Å². The zero-order valence-corrected chi connectivity index (χ0v) is 9.45. The Morgan fingerprint density at radius 2 is 2.00 bits per heavy atom. The Labute approximate surface area is 94.7 Å². The van der Waals surface area contributed by atoms with E-state index >= 15 is 0 Å². The fourth-order valence-corrected chi connectivity index (χ4v) is 1.16. The Morgan fingerprint density at radius 1 is 1.31 bits per heavy atom. The van der Waals surface area contributed by atoms with Gasteiger partial charge in [-0.1, -0.05) is 12.1 Å². The van der Waals surface area contributed by atoms with Gasteiger partial charge in [0.15, 0.2) is 0 Å². The first kappa shape index (κ1) is 12.5. The van der Waals surface area contributed by atoms with Gasteiger partial charge in [0, 0.05) is 7.05 Å². The number of carbonyl (C=O) groups excluding carboxylic acids is 1. The molecule has 0 bridgehead atoms. The first-order valence-corrected chi connectivity index (χ1v) is 4.92. The van der Waals surface area contributed by atoms with Gasteiger partial charge in [0.2, 0.25) is 0 Å². The van der Waals surface area contributed by atoms with Gasteiger partial charge in [0.1, 0.15) is 12.4 Å². The Hall–Kier alpha value is -1.59. The van der Waals surface area contributed by atoms with Crippen LogP contribution in [0.2, 0.25) is 0 Å². The molecule has 2 N–H and O–H groups in total. The van der Waals surface area contributed by atoms with E-state index < -0.39 is 0 Å². The van der Waals surface area contributed by atoms with E-state index in [1.165, 1.54) is 0 Å². The summed E-state index contributed by atoms with van der Waals surface area (Å²) in [5, 5.41) is 0. The van der Waals surface area contributed by atoms with Gasteiger partial charge in [-0.25, -0.2) is 5.43 Å². The Morgan fingerprint density at radius 3 is 2.56 bits per heavy atom. The number of benzene rings is 1. The molecule has 0 saturated carbocycles. The molecule has 1 amide bonds. The maximum absolute atomic E-state index is 11.0. The summed E-state index contributed by atoms with van der Waals surface area (Å²) < 4.78 is 10.2. The van der Waals surface area contributed by atoms with Crippen molar-refractivity contribution < 1.29 is 14.3 Å². The van der Waals surface area contributed by atoms with E-state index in [2.05, 4.69) is 10.9 Å². The molecule has 1 aromatic rings. The van der Waals surface area contributed by atoms with Crippen LogP contribution in [-0.2, 0) is 16.1 Å². The van der Waals surface area contributed by atoms with Crippen molar-refractivity contribution in [3.8, 4) is 5.75 Å². The molecule has 0 fully saturated rings. The Balaban J connectivity index is 2.29. The number of ether oxygens (including phenoxy) is 2. The molecular formula is C11H16N2O3. The lowest BCUT2D eigenvalue weighted by Gasteiger charge is -2.05. The summed E-state index contributed by atoms with van der Waals surface area (Å²) in [7, 11) is 3.25. The number of hydrogen-bond donors (Lipinski definition) is 2. The summed E-state index contributed by atoms with van der Waals surface area (Å²) in [6.07, 6.45) is 0. The zero-order chi connectivity index (χ0) is 11.8. The maximum Gasteiger partial charge on any atom is 0.260 e. The van der Waals surface area contributed by atoms with Crippen LogP contribution in [0.1, 0.15) is 5.56 Å². The van der Waals surface area contributed by atoms with Gasteiger partial charge in [-0.2, -0.15) is 0 Å². The SMILES string of the molecule is CNNC(=O)COCc1ccc(OC)cc1. The highest BCUT2D eigenvalue weighted by Gasteiger charge is 2.00. The number of hydrazine groups is 1. The zero-order valence-electron chi connectivity index (χ0n) is 9.45. The van der Waals surface area contributed by atoms with E-state index in [-0.39, 0.29) is 12.5 Å². The average Bonchev–Trinajstić information content (AvgIpc) is 2.30. The van der Waals surface area contributed by atoms with Crippen LogP contribution in [0.3, 0.4) is 0 Å². The van der Waals surface area contributed by atoms with Crippen molar-refractivity contribution in [2.75, 3.05) is 20.8 Å². The molecule has 0 unspecified atom stereocenters. The van der Waals surface area contributed by atoms with Crippen molar-refractivity contribution in [3.05, 3.63) is 29.8 Å². The summed E-state index contributed by atoms with van der Waals surface area (Å²) in [5.41, 5.74) is 5.95. The fourth-order valence-electron chi connectivity index (χ4n) is 1.16. The summed E-state index contributed by atoms with van der Waals surface area (Å²) in [6, 6.07) is 7.50. The molecule has 0 aliphatic heterocycles. The molecule has 0 spiro atoms. The molecule has 0 aliphatic rings. The van der Waals surface area contributed by atoms with E-state index in [1.807, 2.05) is 24.3 Å². The van der Waals surface area contributed by atoms with E-state index in [9.17, 15) is 4.79 Å². The van der Waals surface area contributed by atoms with Gasteiger partial charge >= 0.3 is 0 Å². The van der Waals surface area contributed by atoms with Crippen molar-refractivity contribution in [2.45, 2.75) is 6.61 Å². The number of amides is 1. The summed E-state index contributed by atoms with van der Waals surface area (Å²) >= 11 is 0. The lowest BCUT2D eigenvalue weighted by molar-refractivity contribution is -0.126. The van der Waals surface area contributed by atoms with Crippen molar-refractivity contribution in [3.63, 3.8) is 0 Å². The minimum atomic E-state index is -0.198. The highest BCUT2D eigenvalue weighted by atomic mass is 16.5. The number of carbonyl (C=O) groups is 1. The normalized spacial score (nSPS) is 9.88. The topological polar surface area (TPSA) is 59.6 Å². The van der Waals surface area contributed by atoms with E-state index in [1.54, 1.807) is 14.2 Å². The highest BCUT2D eigenvalue weighted by Crippen LogP contribution is 2.11.